The van der Waals surface area contributed by atoms with Crippen molar-refractivity contribution in [2.24, 2.45) is 0 Å². The molecule has 0 aliphatic rings. The Kier molecular flexibility index (Phi) is 4.15. The largest absolute Gasteiger partial charge is 0.348 e. The van der Waals surface area contributed by atoms with E-state index in [0.717, 1.165) is 16.6 Å². The van der Waals surface area contributed by atoms with Gasteiger partial charge in [-0.1, -0.05) is 12.1 Å². The van der Waals surface area contributed by atoms with Gasteiger partial charge in [0, 0.05) is 29.3 Å². The van der Waals surface area contributed by atoms with Gasteiger partial charge in [-0.25, -0.2) is 0 Å². The molecular weight excluding hydrogens is 294 g/mol. The van der Waals surface area contributed by atoms with Crippen LogP contribution in [0, 0.1) is 0 Å². The number of carbonyl (C=O) groups excluding carboxylic acids is 1. The molecule has 1 amide bonds. The van der Waals surface area contributed by atoms with Crippen molar-refractivity contribution in [2.45, 2.75) is 20.0 Å². The van der Waals surface area contributed by atoms with Gasteiger partial charge in [-0.15, -0.1) is 0 Å². The quantitative estimate of drug-likeness (QED) is 0.944. The third-order valence-electron chi connectivity index (χ3n) is 2.58. The van der Waals surface area contributed by atoms with E-state index >= 15 is 0 Å². The highest BCUT2D eigenvalue weighted by atomic mass is 79.9. The number of nitrogens with one attached hydrogen (secondary N) is 1. The van der Waals surface area contributed by atoms with Crippen LogP contribution in [0.4, 0.5) is 0 Å². The summed E-state index contributed by atoms with van der Waals surface area (Å²) < 4.78 is 2.63. The monoisotopic (exact) mass is 307 g/mol. The molecule has 1 N–H and O–H groups in total. The highest BCUT2D eigenvalue weighted by molar-refractivity contribution is 9.10. The lowest BCUT2D eigenvalue weighted by Crippen LogP contribution is -2.22. The molecule has 18 heavy (non-hydrogen) atoms. The lowest BCUT2D eigenvalue weighted by atomic mass is 10.2. The molecule has 0 aliphatic carbocycles. The highest BCUT2D eigenvalue weighted by Crippen LogP contribution is 2.15. The Bertz CT molecular complexity index is 551. The molecule has 94 valence electrons. The van der Waals surface area contributed by atoms with Crippen LogP contribution in [0.5, 0.6) is 0 Å². The van der Waals surface area contributed by atoms with E-state index in [0.29, 0.717) is 12.1 Å². The van der Waals surface area contributed by atoms with Gasteiger partial charge >= 0.3 is 0 Å². The predicted octanol–water partition coefficient (Wildman–Crippen LogP) is 2.60. The average molecular weight is 308 g/mol. The third kappa shape index (κ3) is 2.98. The molecule has 1 aromatic heterocycles. The normalized spacial score (nSPS) is 10.3. The maximum Gasteiger partial charge on any atom is 0.252 e. The summed E-state index contributed by atoms with van der Waals surface area (Å²) in [6.07, 6.45) is 3.70. The van der Waals surface area contributed by atoms with Crippen molar-refractivity contribution in [2.75, 3.05) is 0 Å². The molecule has 5 heteroatoms. The van der Waals surface area contributed by atoms with Gasteiger partial charge in [-0.2, -0.15) is 5.10 Å². The minimum Gasteiger partial charge on any atom is -0.348 e. The van der Waals surface area contributed by atoms with Gasteiger partial charge in [0.05, 0.1) is 11.8 Å². The highest BCUT2D eigenvalue weighted by Gasteiger charge is 2.08. The molecular formula is C13H14BrN3O. The predicted molar refractivity (Wildman–Crippen MR) is 73.2 cm³/mol. The van der Waals surface area contributed by atoms with Crippen LogP contribution < -0.4 is 5.32 Å². The van der Waals surface area contributed by atoms with Gasteiger partial charge in [0.15, 0.2) is 0 Å². The van der Waals surface area contributed by atoms with E-state index in [-0.39, 0.29) is 5.91 Å². The van der Waals surface area contributed by atoms with Crippen molar-refractivity contribution >= 4 is 21.8 Å². The number of aromatic nitrogens is 2. The third-order valence-corrected chi connectivity index (χ3v) is 3.27. The summed E-state index contributed by atoms with van der Waals surface area (Å²) in [4.78, 5) is 11.9. The number of hydrogen-bond acceptors (Lipinski definition) is 2. The summed E-state index contributed by atoms with van der Waals surface area (Å²) in [7, 11) is 0. The number of carbonyl (C=O) groups is 1. The first kappa shape index (κ1) is 12.8. The van der Waals surface area contributed by atoms with Crippen LogP contribution in [-0.2, 0) is 13.1 Å². The topological polar surface area (TPSA) is 46.9 Å². The fourth-order valence-electron chi connectivity index (χ4n) is 1.59. The zero-order valence-corrected chi connectivity index (χ0v) is 11.6. The number of hydrogen-bond donors (Lipinski definition) is 1. The van der Waals surface area contributed by atoms with Crippen molar-refractivity contribution in [1.82, 2.24) is 15.1 Å². The molecule has 4 nitrogen and oxygen atoms in total. The number of rotatable bonds is 4. The van der Waals surface area contributed by atoms with Crippen LogP contribution in [0.25, 0.3) is 0 Å². The summed E-state index contributed by atoms with van der Waals surface area (Å²) in [5.74, 6) is -0.0910. The standard InChI is InChI=1S/C13H14BrN3O/c1-2-17-9-10(8-16-17)7-15-13(18)11-5-3-4-6-12(11)14/h3-6,8-9H,2,7H2,1H3,(H,15,18). The second kappa shape index (κ2) is 5.82. The number of amides is 1. The molecule has 0 saturated carbocycles. The fraction of sp³-hybridized carbons (Fsp3) is 0.231. The van der Waals surface area contributed by atoms with Crippen molar-refractivity contribution in [3.05, 3.63) is 52.3 Å². The molecule has 0 saturated heterocycles. The molecule has 0 radical (unpaired) electrons. The second-order valence-corrected chi connectivity index (χ2v) is 4.72. The first-order valence-electron chi connectivity index (χ1n) is 5.74. The Balaban J connectivity index is 1.98. The Labute approximate surface area is 114 Å². The number of benzene rings is 1. The number of nitrogens with zero attached hydrogens (tertiary/aromatic N) is 2. The van der Waals surface area contributed by atoms with Crippen molar-refractivity contribution in [3.63, 3.8) is 0 Å². The Hall–Kier alpha value is -1.62. The second-order valence-electron chi connectivity index (χ2n) is 3.87. The van der Waals surface area contributed by atoms with Crippen LogP contribution >= 0.6 is 15.9 Å². The smallest absolute Gasteiger partial charge is 0.252 e. The van der Waals surface area contributed by atoms with Gasteiger partial charge in [0.25, 0.3) is 5.91 Å². The molecule has 1 aromatic carbocycles. The SMILES string of the molecule is CCn1cc(CNC(=O)c2ccccc2Br)cn1. The average Bonchev–Trinajstić information content (AvgIpc) is 2.84. The summed E-state index contributed by atoms with van der Waals surface area (Å²) in [6.45, 7) is 3.34. The van der Waals surface area contributed by atoms with E-state index in [2.05, 4.69) is 26.3 Å². The summed E-state index contributed by atoms with van der Waals surface area (Å²) in [5, 5.41) is 7.03. The molecule has 0 atom stereocenters. The minimum absolute atomic E-state index is 0.0910. The van der Waals surface area contributed by atoms with Gasteiger partial charge in [0.1, 0.15) is 0 Å². The summed E-state index contributed by atoms with van der Waals surface area (Å²) in [5.41, 5.74) is 1.64. The maximum atomic E-state index is 11.9. The van der Waals surface area contributed by atoms with E-state index in [1.54, 1.807) is 12.3 Å². The van der Waals surface area contributed by atoms with Gasteiger partial charge in [-0.05, 0) is 35.0 Å². The zero-order chi connectivity index (χ0) is 13.0. The van der Waals surface area contributed by atoms with Crippen LogP contribution in [0.1, 0.15) is 22.8 Å². The fourth-order valence-corrected chi connectivity index (χ4v) is 2.06. The van der Waals surface area contributed by atoms with E-state index in [1.165, 1.54) is 0 Å². The van der Waals surface area contributed by atoms with E-state index < -0.39 is 0 Å². The first-order chi connectivity index (χ1) is 8.70. The van der Waals surface area contributed by atoms with Crippen LogP contribution in [0.2, 0.25) is 0 Å². The van der Waals surface area contributed by atoms with Crippen LogP contribution in [-0.4, -0.2) is 15.7 Å². The molecule has 2 aromatic rings. The molecule has 0 aliphatic heterocycles. The lowest BCUT2D eigenvalue weighted by Gasteiger charge is -2.05. The van der Waals surface area contributed by atoms with Gasteiger partial charge in [-0.3, -0.25) is 9.48 Å². The summed E-state index contributed by atoms with van der Waals surface area (Å²) in [6, 6.07) is 7.36. The van der Waals surface area contributed by atoms with E-state index in [1.807, 2.05) is 36.0 Å². The minimum atomic E-state index is -0.0910. The van der Waals surface area contributed by atoms with E-state index in [4.69, 9.17) is 0 Å². The maximum absolute atomic E-state index is 11.9. The summed E-state index contributed by atoms with van der Waals surface area (Å²) >= 11 is 3.36. The molecule has 0 fully saturated rings. The Morgan fingerprint density at radius 3 is 2.89 bits per heavy atom. The van der Waals surface area contributed by atoms with Gasteiger partial charge in [0.2, 0.25) is 0 Å². The molecule has 0 unspecified atom stereocenters. The Morgan fingerprint density at radius 2 is 2.22 bits per heavy atom. The Morgan fingerprint density at radius 1 is 1.44 bits per heavy atom. The lowest BCUT2D eigenvalue weighted by molar-refractivity contribution is 0.0950. The van der Waals surface area contributed by atoms with E-state index in [9.17, 15) is 4.79 Å². The molecule has 2 rings (SSSR count). The van der Waals surface area contributed by atoms with Crippen molar-refractivity contribution < 1.29 is 4.79 Å². The zero-order valence-electron chi connectivity index (χ0n) is 10.1. The molecule has 0 spiro atoms. The van der Waals surface area contributed by atoms with Crippen molar-refractivity contribution in [1.29, 1.82) is 0 Å². The first-order valence-corrected chi connectivity index (χ1v) is 6.54. The molecule has 0 bridgehead atoms. The van der Waals surface area contributed by atoms with Crippen LogP contribution in [0.15, 0.2) is 41.1 Å². The van der Waals surface area contributed by atoms with Crippen LogP contribution in [0.3, 0.4) is 0 Å². The molecule has 1 heterocycles. The number of halogens is 1. The van der Waals surface area contributed by atoms with Gasteiger partial charge < -0.3 is 5.32 Å². The van der Waals surface area contributed by atoms with Crippen molar-refractivity contribution in [3.8, 4) is 0 Å². The number of aryl methyl sites for hydroxylation is 1.